The molecule has 1 rings (SSSR count). The van der Waals surface area contributed by atoms with Gasteiger partial charge in [0.25, 0.3) is 0 Å². The summed E-state index contributed by atoms with van der Waals surface area (Å²) in [6.45, 7) is 0. The van der Waals surface area contributed by atoms with Crippen molar-refractivity contribution in [3.63, 3.8) is 0 Å². The zero-order valence-corrected chi connectivity index (χ0v) is 9.34. The molecule has 4 nitrogen and oxygen atoms in total. The van der Waals surface area contributed by atoms with E-state index in [2.05, 4.69) is 26.5 Å². The maximum Gasteiger partial charge on any atom is 0.332 e. The van der Waals surface area contributed by atoms with Gasteiger partial charge in [-0.15, -0.1) is 0 Å². The average molecular weight is 277 g/mol. The van der Waals surface area contributed by atoms with Gasteiger partial charge in [-0.1, -0.05) is 33.6 Å². The van der Waals surface area contributed by atoms with Crippen molar-refractivity contribution in [2.45, 2.75) is 0 Å². The van der Waals surface area contributed by atoms with Crippen LogP contribution in [-0.4, -0.2) is 12.2 Å². The standard InChI is InChI=1S/C8H7BrClN3O/c9-6-2-1-5(7(10)3-6)4-12-13-8(11)14/h1-4H,(H3,11,13,14). The molecule has 0 aromatic heterocycles. The number of hydrazone groups is 1. The van der Waals surface area contributed by atoms with Crippen molar-refractivity contribution in [3.05, 3.63) is 33.3 Å². The summed E-state index contributed by atoms with van der Waals surface area (Å²) in [7, 11) is 0. The highest BCUT2D eigenvalue weighted by Gasteiger charge is 1.97. The number of nitrogens with one attached hydrogen (secondary N) is 1. The zero-order chi connectivity index (χ0) is 10.6. The first-order valence-corrected chi connectivity index (χ1v) is 4.80. The molecule has 0 heterocycles. The summed E-state index contributed by atoms with van der Waals surface area (Å²) in [4.78, 5) is 10.3. The SMILES string of the molecule is NC(=O)NN=Cc1ccc(Br)cc1Cl. The lowest BCUT2D eigenvalue weighted by Crippen LogP contribution is -2.24. The minimum Gasteiger partial charge on any atom is -0.350 e. The van der Waals surface area contributed by atoms with Gasteiger partial charge in [-0.2, -0.15) is 5.10 Å². The highest BCUT2D eigenvalue weighted by atomic mass is 79.9. The largest absolute Gasteiger partial charge is 0.350 e. The monoisotopic (exact) mass is 275 g/mol. The smallest absolute Gasteiger partial charge is 0.332 e. The van der Waals surface area contributed by atoms with Gasteiger partial charge in [-0.25, -0.2) is 10.2 Å². The molecule has 0 saturated heterocycles. The first-order valence-electron chi connectivity index (χ1n) is 3.63. The summed E-state index contributed by atoms with van der Waals surface area (Å²) in [5.41, 5.74) is 7.59. The minimum absolute atomic E-state index is 0.536. The molecule has 0 aliphatic heterocycles. The fourth-order valence-corrected chi connectivity index (χ4v) is 1.49. The van der Waals surface area contributed by atoms with Crippen LogP contribution in [0.1, 0.15) is 5.56 Å². The summed E-state index contributed by atoms with van der Waals surface area (Å²) in [5, 5.41) is 4.12. The van der Waals surface area contributed by atoms with E-state index in [0.717, 1.165) is 4.47 Å². The van der Waals surface area contributed by atoms with Crippen LogP contribution >= 0.6 is 27.5 Å². The summed E-state index contributed by atoms with van der Waals surface area (Å²) >= 11 is 9.15. The summed E-state index contributed by atoms with van der Waals surface area (Å²) < 4.78 is 0.877. The van der Waals surface area contributed by atoms with Crippen LogP contribution in [0.15, 0.2) is 27.8 Å². The quantitative estimate of drug-likeness (QED) is 0.630. The fourth-order valence-electron chi connectivity index (χ4n) is 0.772. The molecule has 0 fully saturated rings. The van der Waals surface area contributed by atoms with Crippen LogP contribution in [0.4, 0.5) is 4.79 Å². The normalized spacial score (nSPS) is 10.4. The van der Waals surface area contributed by atoms with Crippen LogP contribution in [0.5, 0.6) is 0 Å². The van der Waals surface area contributed by atoms with E-state index in [9.17, 15) is 4.79 Å². The Kier molecular flexibility index (Phi) is 3.91. The van der Waals surface area contributed by atoms with Gasteiger partial charge in [-0.05, 0) is 12.1 Å². The molecule has 2 amide bonds. The van der Waals surface area contributed by atoms with Crippen molar-refractivity contribution in [3.8, 4) is 0 Å². The number of amides is 2. The third kappa shape index (κ3) is 3.35. The molecular weight excluding hydrogens is 269 g/mol. The van der Waals surface area contributed by atoms with Crippen molar-refractivity contribution in [2.75, 3.05) is 0 Å². The van der Waals surface area contributed by atoms with Gasteiger partial charge in [0.15, 0.2) is 0 Å². The topological polar surface area (TPSA) is 67.5 Å². The van der Waals surface area contributed by atoms with Crippen LogP contribution in [-0.2, 0) is 0 Å². The lowest BCUT2D eigenvalue weighted by atomic mass is 10.2. The molecule has 6 heteroatoms. The van der Waals surface area contributed by atoms with Crippen LogP contribution in [0.25, 0.3) is 0 Å². The van der Waals surface area contributed by atoms with Crippen molar-refractivity contribution in [1.29, 1.82) is 0 Å². The molecule has 0 atom stereocenters. The third-order valence-electron chi connectivity index (χ3n) is 1.34. The Bertz CT molecular complexity index is 381. The Morgan fingerprint density at radius 3 is 2.93 bits per heavy atom. The molecule has 3 N–H and O–H groups in total. The first-order chi connectivity index (χ1) is 6.59. The molecular formula is C8H7BrClN3O. The molecule has 0 radical (unpaired) electrons. The lowest BCUT2D eigenvalue weighted by Gasteiger charge is -1.97. The highest BCUT2D eigenvalue weighted by Crippen LogP contribution is 2.19. The van der Waals surface area contributed by atoms with Crippen molar-refractivity contribution in [2.24, 2.45) is 10.8 Å². The maximum absolute atomic E-state index is 10.3. The van der Waals surface area contributed by atoms with Gasteiger partial charge in [0.05, 0.1) is 11.2 Å². The van der Waals surface area contributed by atoms with E-state index in [1.54, 1.807) is 12.1 Å². The predicted octanol–water partition coefficient (Wildman–Crippen LogP) is 2.10. The molecule has 0 aliphatic rings. The molecule has 0 bridgehead atoms. The minimum atomic E-state index is -0.713. The number of nitrogens with zero attached hydrogens (tertiary/aromatic N) is 1. The molecule has 74 valence electrons. The third-order valence-corrected chi connectivity index (χ3v) is 2.16. The van der Waals surface area contributed by atoms with Crippen LogP contribution in [0.3, 0.4) is 0 Å². The Balaban J connectivity index is 2.76. The molecule has 14 heavy (non-hydrogen) atoms. The van der Waals surface area contributed by atoms with Crippen molar-refractivity contribution in [1.82, 2.24) is 5.43 Å². The summed E-state index contributed by atoms with van der Waals surface area (Å²) in [6, 6.07) is 4.60. The highest BCUT2D eigenvalue weighted by molar-refractivity contribution is 9.10. The number of hydrogen-bond acceptors (Lipinski definition) is 2. The molecule has 0 saturated carbocycles. The molecule has 0 spiro atoms. The number of hydrogen-bond donors (Lipinski definition) is 2. The van der Waals surface area contributed by atoms with Crippen LogP contribution < -0.4 is 11.2 Å². The zero-order valence-electron chi connectivity index (χ0n) is 7.00. The second-order valence-corrected chi connectivity index (χ2v) is 3.72. The Hall–Kier alpha value is -1.07. The Morgan fingerprint density at radius 1 is 1.64 bits per heavy atom. The van der Waals surface area contributed by atoms with Crippen molar-refractivity contribution >= 4 is 39.8 Å². The molecule has 0 unspecified atom stereocenters. The number of urea groups is 1. The van der Waals surface area contributed by atoms with Crippen molar-refractivity contribution < 1.29 is 4.79 Å². The predicted molar refractivity (Wildman–Crippen MR) is 59.5 cm³/mol. The van der Waals surface area contributed by atoms with E-state index >= 15 is 0 Å². The van der Waals surface area contributed by atoms with E-state index in [0.29, 0.717) is 10.6 Å². The second kappa shape index (κ2) is 4.97. The molecule has 1 aromatic rings. The van der Waals surface area contributed by atoms with Gasteiger partial charge in [0.1, 0.15) is 0 Å². The second-order valence-electron chi connectivity index (χ2n) is 2.40. The number of benzene rings is 1. The molecule has 1 aromatic carbocycles. The average Bonchev–Trinajstić information content (AvgIpc) is 2.08. The van der Waals surface area contributed by atoms with Gasteiger partial charge < -0.3 is 5.73 Å². The number of halogens is 2. The number of rotatable bonds is 2. The lowest BCUT2D eigenvalue weighted by molar-refractivity contribution is 0.249. The maximum atomic E-state index is 10.3. The number of primary amides is 1. The van der Waals surface area contributed by atoms with Gasteiger partial charge in [-0.3, -0.25) is 0 Å². The molecule has 0 aliphatic carbocycles. The van der Waals surface area contributed by atoms with E-state index in [4.69, 9.17) is 17.3 Å². The van der Waals surface area contributed by atoms with Gasteiger partial charge in [0, 0.05) is 10.0 Å². The van der Waals surface area contributed by atoms with Crippen LogP contribution in [0.2, 0.25) is 5.02 Å². The van der Waals surface area contributed by atoms with E-state index < -0.39 is 6.03 Å². The first kappa shape index (κ1) is 11.0. The Labute approximate surface area is 94.2 Å². The Morgan fingerprint density at radius 2 is 2.36 bits per heavy atom. The summed E-state index contributed by atoms with van der Waals surface area (Å²) in [5.74, 6) is 0. The fraction of sp³-hybridized carbons (Fsp3) is 0. The van der Waals surface area contributed by atoms with Gasteiger partial charge in [0.2, 0.25) is 0 Å². The van der Waals surface area contributed by atoms with Gasteiger partial charge >= 0.3 is 6.03 Å². The van der Waals surface area contributed by atoms with E-state index in [1.807, 2.05) is 6.07 Å². The number of carbonyl (C=O) groups excluding carboxylic acids is 1. The number of carbonyl (C=O) groups is 1. The van der Waals surface area contributed by atoms with E-state index in [1.165, 1.54) is 6.21 Å². The summed E-state index contributed by atoms with van der Waals surface area (Å²) in [6.07, 6.45) is 1.42. The van der Waals surface area contributed by atoms with E-state index in [-0.39, 0.29) is 0 Å². The van der Waals surface area contributed by atoms with Crippen LogP contribution in [0, 0.1) is 0 Å². The number of nitrogens with two attached hydrogens (primary N) is 1.